The molecule has 1 unspecified atom stereocenters. The molecular formula is C11H21N3O2. The molecule has 5 nitrogen and oxygen atoms in total. The molecule has 0 aromatic heterocycles. The van der Waals surface area contributed by atoms with E-state index in [0.717, 1.165) is 19.3 Å². The smallest absolute Gasteiger partial charge is 0.237 e. The van der Waals surface area contributed by atoms with Gasteiger partial charge in [-0.25, -0.2) is 0 Å². The summed E-state index contributed by atoms with van der Waals surface area (Å²) in [5.41, 5.74) is 5.75. The van der Waals surface area contributed by atoms with Crippen molar-refractivity contribution in [3.63, 3.8) is 0 Å². The highest BCUT2D eigenvalue weighted by Gasteiger charge is 2.21. The van der Waals surface area contributed by atoms with Crippen molar-refractivity contribution in [1.82, 2.24) is 10.6 Å². The molecule has 4 N–H and O–H groups in total. The van der Waals surface area contributed by atoms with Crippen LogP contribution in [-0.2, 0) is 9.59 Å². The molecule has 0 saturated carbocycles. The van der Waals surface area contributed by atoms with Crippen LogP contribution in [0.5, 0.6) is 0 Å². The summed E-state index contributed by atoms with van der Waals surface area (Å²) in [6.45, 7) is 2.59. The number of hydrogen-bond acceptors (Lipinski definition) is 3. The van der Waals surface area contributed by atoms with Crippen molar-refractivity contribution in [2.45, 2.75) is 51.1 Å². The minimum Gasteiger partial charge on any atom is -0.354 e. The molecule has 2 atom stereocenters. The average molecular weight is 227 g/mol. The Morgan fingerprint density at radius 3 is 3.00 bits per heavy atom. The molecule has 0 aromatic carbocycles. The van der Waals surface area contributed by atoms with E-state index in [9.17, 15) is 9.59 Å². The fraction of sp³-hybridized carbons (Fsp3) is 0.818. The minimum atomic E-state index is -0.419. The third kappa shape index (κ3) is 4.18. The predicted molar refractivity (Wildman–Crippen MR) is 61.7 cm³/mol. The highest BCUT2D eigenvalue weighted by Crippen LogP contribution is 2.04. The number of piperidine rings is 1. The molecule has 1 aliphatic rings. The van der Waals surface area contributed by atoms with Crippen molar-refractivity contribution in [3.8, 4) is 0 Å². The molecule has 1 heterocycles. The number of rotatable bonds is 5. The molecule has 0 aliphatic carbocycles. The molecule has 2 amide bonds. The van der Waals surface area contributed by atoms with Gasteiger partial charge >= 0.3 is 0 Å². The van der Waals surface area contributed by atoms with Crippen LogP contribution in [0.1, 0.15) is 39.0 Å². The topological polar surface area (TPSA) is 84.2 Å². The lowest BCUT2D eigenvalue weighted by Gasteiger charge is -2.24. The van der Waals surface area contributed by atoms with Crippen LogP contribution >= 0.6 is 0 Å². The third-order valence-electron chi connectivity index (χ3n) is 2.82. The maximum atomic E-state index is 11.6. The van der Waals surface area contributed by atoms with E-state index in [0.29, 0.717) is 19.4 Å². The van der Waals surface area contributed by atoms with Crippen LogP contribution < -0.4 is 16.4 Å². The van der Waals surface area contributed by atoms with Crippen molar-refractivity contribution in [2.24, 2.45) is 5.73 Å². The highest BCUT2D eigenvalue weighted by atomic mass is 16.2. The average Bonchev–Trinajstić information content (AvgIpc) is 2.29. The molecule has 0 bridgehead atoms. The molecule has 16 heavy (non-hydrogen) atoms. The van der Waals surface area contributed by atoms with Gasteiger partial charge in [0.1, 0.15) is 0 Å². The Kier molecular flexibility index (Phi) is 5.25. The van der Waals surface area contributed by atoms with Gasteiger partial charge in [-0.2, -0.15) is 0 Å². The Labute approximate surface area is 96.1 Å². The minimum absolute atomic E-state index is 0.0397. The quantitative estimate of drug-likeness (QED) is 0.613. The highest BCUT2D eigenvalue weighted by molar-refractivity contribution is 5.82. The predicted octanol–water partition coefficient (Wildman–Crippen LogP) is -0.101. The maximum absolute atomic E-state index is 11.6. The molecule has 1 fully saturated rings. The van der Waals surface area contributed by atoms with Gasteiger partial charge in [0, 0.05) is 19.0 Å². The van der Waals surface area contributed by atoms with Gasteiger partial charge in [0.15, 0.2) is 0 Å². The lowest BCUT2D eigenvalue weighted by atomic mass is 10.1. The van der Waals surface area contributed by atoms with E-state index in [2.05, 4.69) is 17.6 Å². The van der Waals surface area contributed by atoms with Crippen LogP contribution in [0.4, 0.5) is 0 Å². The number of hydrogen-bond donors (Lipinski definition) is 3. The summed E-state index contributed by atoms with van der Waals surface area (Å²) < 4.78 is 0. The van der Waals surface area contributed by atoms with E-state index in [-0.39, 0.29) is 17.9 Å². The van der Waals surface area contributed by atoms with Crippen LogP contribution in [0.25, 0.3) is 0 Å². The first-order valence-electron chi connectivity index (χ1n) is 5.96. The summed E-state index contributed by atoms with van der Waals surface area (Å²) in [6.07, 6.45) is 3.92. The standard InChI is InChI=1S/C11H21N3O2/c1-2-3-4-9(12)11(16)14-8-5-6-10(15)13-7-8/h8-9H,2-7,12H2,1H3,(H,13,15)(H,14,16)/t8?,9-/m0/s1. The summed E-state index contributed by atoms with van der Waals surface area (Å²) in [5.74, 6) is -0.0459. The Balaban J connectivity index is 2.25. The van der Waals surface area contributed by atoms with Crippen molar-refractivity contribution < 1.29 is 9.59 Å². The first-order chi connectivity index (χ1) is 7.63. The Bertz CT molecular complexity index is 246. The van der Waals surface area contributed by atoms with Gasteiger partial charge in [0.2, 0.25) is 11.8 Å². The van der Waals surface area contributed by atoms with Crippen molar-refractivity contribution in [1.29, 1.82) is 0 Å². The van der Waals surface area contributed by atoms with E-state index >= 15 is 0 Å². The van der Waals surface area contributed by atoms with E-state index < -0.39 is 6.04 Å². The number of amides is 2. The zero-order chi connectivity index (χ0) is 12.0. The summed E-state index contributed by atoms with van der Waals surface area (Å²) >= 11 is 0. The second kappa shape index (κ2) is 6.48. The van der Waals surface area contributed by atoms with Crippen LogP contribution in [0.3, 0.4) is 0 Å². The van der Waals surface area contributed by atoms with E-state index in [1.807, 2.05) is 0 Å². The van der Waals surface area contributed by atoms with Crippen molar-refractivity contribution >= 4 is 11.8 Å². The second-order valence-corrected chi connectivity index (χ2v) is 4.30. The van der Waals surface area contributed by atoms with Crippen LogP contribution in [0.15, 0.2) is 0 Å². The lowest BCUT2D eigenvalue weighted by Crippen LogP contribution is -2.51. The first-order valence-corrected chi connectivity index (χ1v) is 5.96. The number of nitrogens with one attached hydrogen (secondary N) is 2. The number of unbranched alkanes of at least 4 members (excludes halogenated alkanes) is 1. The largest absolute Gasteiger partial charge is 0.354 e. The van der Waals surface area contributed by atoms with Gasteiger partial charge in [-0.1, -0.05) is 19.8 Å². The lowest BCUT2D eigenvalue weighted by molar-refractivity contribution is -0.126. The van der Waals surface area contributed by atoms with Gasteiger partial charge in [-0.3, -0.25) is 9.59 Å². The SMILES string of the molecule is CCCC[C@H](N)C(=O)NC1CCC(=O)NC1. The summed E-state index contributed by atoms with van der Waals surface area (Å²) in [6, 6.07) is -0.379. The van der Waals surface area contributed by atoms with Gasteiger partial charge < -0.3 is 16.4 Å². The summed E-state index contributed by atoms with van der Waals surface area (Å²) in [4.78, 5) is 22.6. The van der Waals surface area contributed by atoms with E-state index in [1.165, 1.54) is 0 Å². The molecule has 1 saturated heterocycles. The molecule has 0 aromatic rings. The Morgan fingerprint density at radius 2 is 2.44 bits per heavy atom. The number of carbonyl (C=O) groups excluding carboxylic acids is 2. The normalized spacial score (nSPS) is 22.4. The van der Waals surface area contributed by atoms with Gasteiger partial charge in [0.25, 0.3) is 0 Å². The summed E-state index contributed by atoms with van der Waals surface area (Å²) in [5, 5.41) is 5.59. The molecule has 5 heteroatoms. The van der Waals surface area contributed by atoms with Gasteiger partial charge in [-0.05, 0) is 12.8 Å². The second-order valence-electron chi connectivity index (χ2n) is 4.30. The molecule has 0 spiro atoms. The Hall–Kier alpha value is -1.10. The van der Waals surface area contributed by atoms with Crippen LogP contribution in [0, 0.1) is 0 Å². The molecule has 92 valence electrons. The monoisotopic (exact) mass is 227 g/mol. The zero-order valence-corrected chi connectivity index (χ0v) is 9.79. The molecule has 1 aliphatic heterocycles. The molecule has 0 radical (unpaired) electrons. The third-order valence-corrected chi connectivity index (χ3v) is 2.82. The number of nitrogens with two attached hydrogens (primary N) is 1. The van der Waals surface area contributed by atoms with Crippen LogP contribution in [-0.4, -0.2) is 30.4 Å². The van der Waals surface area contributed by atoms with Gasteiger partial charge in [0.05, 0.1) is 6.04 Å². The fourth-order valence-corrected chi connectivity index (χ4v) is 1.72. The van der Waals surface area contributed by atoms with E-state index in [1.54, 1.807) is 0 Å². The van der Waals surface area contributed by atoms with Gasteiger partial charge in [-0.15, -0.1) is 0 Å². The number of carbonyl (C=O) groups is 2. The zero-order valence-electron chi connectivity index (χ0n) is 9.79. The maximum Gasteiger partial charge on any atom is 0.237 e. The Morgan fingerprint density at radius 1 is 1.69 bits per heavy atom. The molecule has 1 rings (SSSR count). The fourth-order valence-electron chi connectivity index (χ4n) is 1.72. The first kappa shape index (κ1) is 13.0. The van der Waals surface area contributed by atoms with Crippen molar-refractivity contribution in [2.75, 3.05) is 6.54 Å². The van der Waals surface area contributed by atoms with E-state index in [4.69, 9.17) is 5.73 Å². The van der Waals surface area contributed by atoms with Crippen LogP contribution in [0.2, 0.25) is 0 Å². The summed E-state index contributed by atoms with van der Waals surface area (Å²) in [7, 11) is 0. The van der Waals surface area contributed by atoms with Crippen molar-refractivity contribution in [3.05, 3.63) is 0 Å². The molecular weight excluding hydrogens is 206 g/mol.